The van der Waals surface area contributed by atoms with Gasteiger partial charge in [-0.25, -0.2) is 9.59 Å². The fourth-order valence-corrected chi connectivity index (χ4v) is 2.06. The highest BCUT2D eigenvalue weighted by Crippen LogP contribution is 2.37. The van der Waals surface area contributed by atoms with Gasteiger partial charge in [-0.05, 0) is 44.2 Å². The average Bonchev–Trinajstić information content (AvgIpc) is 2.59. The van der Waals surface area contributed by atoms with Crippen LogP contribution in [0.3, 0.4) is 0 Å². The van der Waals surface area contributed by atoms with E-state index in [0.717, 1.165) is 6.07 Å². The molecule has 2 aromatic carbocycles. The Hall–Kier alpha value is -3.47. The van der Waals surface area contributed by atoms with Gasteiger partial charge in [-0.2, -0.15) is 13.2 Å². The van der Waals surface area contributed by atoms with Gasteiger partial charge in [-0.3, -0.25) is 0 Å². The molecule has 2 aromatic rings. The number of alkyl halides is 3. The number of aromatic carboxylic acids is 1. The van der Waals surface area contributed by atoms with Crippen molar-refractivity contribution in [3.8, 4) is 17.6 Å². The maximum atomic E-state index is 13.1. The number of carboxylic acid groups (broad SMARTS) is 1. The molecule has 0 spiro atoms. The minimum absolute atomic E-state index is 0.473. The van der Waals surface area contributed by atoms with Crippen LogP contribution in [0.25, 0.3) is 0 Å². The number of carbonyl (C=O) groups is 2. The molecular weight excluding hydrogens is 377 g/mol. The number of ether oxygens (including phenoxy) is 2. The molecule has 0 aliphatic rings. The van der Waals surface area contributed by atoms with E-state index in [-0.39, 0.29) is 0 Å². The molecule has 2 rings (SSSR count). The fraction of sp³-hybridized carbons (Fsp3) is 0.200. The second kappa shape index (κ2) is 8.05. The minimum atomic E-state index is -4.85. The maximum Gasteiger partial charge on any atom is 0.515 e. The summed E-state index contributed by atoms with van der Waals surface area (Å²) >= 11 is 0. The molecule has 0 atom stereocenters. The van der Waals surface area contributed by atoms with Crippen LogP contribution >= 0.6 is 0 Å². The number of hydrogen-bond donors (Lipinski definition) is 1. The zero-order valence-electron chi connectivity index (χ0n) is 14.8. The Kier molecular flexibility index (Phi) is 5.99. The van der Waals surface area contributed by atoms with Crippen LogP contribution in [0.5, 0.6) is 5.75 Å². The van der Waals surface area contributed by atoms with Crippen LogP contribution in [-0.4, -0.2) is 22.8 Å². The average molecular weight is 392 g/mol. The first-order valence-electron chi connectivity index (χ1n) is 7.91. The molecule has 0 aliphatic heterocycles. The Morgan fingerprint density at radius 2 is 1.68 bits per heavy atom. The molecule has 5 nitrogen and oxygen atoms in total. The molecule has 0 unspecified atom stereocenters. The Balaban J connectivity index is 2.21. The van der Waals surface area contributed by atoms with Crippen molar-refractivity contribution < 1.29 is 37.3 Å². The van der Waals surface area contributed by atoms with Gasteiger partial charge in [0.05, 0.1) is 11.1 Å². The number of hydrogen-bond acceptors (Lipinski definition) is 4. The molecule has 28 heavy (non-hydrogen) atoms. The monoisotopic (exact) mass is 392 g/mol. The second-order valence-corrected chi connectivity index (χ2v) is 6.09. The van der Waals surface area contributed by atoms with Crippen LogP contribution in [0.2, 0.25) is 0 Å². The van der Waals surface area contributed by atoms with Crippen molar-refractivity contribution in [1.29, 1.82) is 0 Å². The van der Waals surface area contributed by atoms with Gasteiger partial charge in [0.25, 0.3) is 0 Å². The molecule has 0 aromatic heterocycles. The lowest BCUT2D eigenvalue weighted by Gasteiger charge is -2.19. The van der Waals surface area contributed by atoms with Crippen molar-refractivity contribution in [3.63, 3.8) is 0 Å². The normalized spacial score (nSPS) is 11.2. The Bertz CT molecular complexity index is 938. The molecule has 0 heterocycles. The number of carboxylic acids is 1. The minimum Gasteiger partial charge on any atom is -0.478 e. The zero-order valence-corrected chi connectivity index (χ0v) is 14.8. The van der Waals surface area contributed by atoms with Crippen molar-refractivity contribution >= 4 is 12.1 Å². The molecule has 1 N–H and O–H groups in total. The largest absolute Gasteiger partial charge is 0.515 e. The third-order valence-electron chi connectivity index (χ3n) is 3.35. The van der Waals surface area contributed by atoms with Crippen LogP contribution in [0, 0.1) is 11.8 Å². The number of carbonyl (C=O) groups excluding carboxylic acids is 1. The summed E-state index contributed by atoms with van der Waals surface area (Å²) in [6.07, 6.45) is -6.30. The predicted molar refractivity (Wildman–Crippen MR) is 92.9 cm³/mol. The molecule has 8 heteroatoms. The van der Waals surface area contributed by atoms with Crippen molar-refractivity contribution in [2.75, 3.05) is 0 Å². The van der Waals surface area contributed by atoms with E-state index in [1.165, 1.54) is 13.8 Å². The molecule has 0 radical (unpaired) electrons. The van der Waals surface area contributed by atoms with E-state index in [1.54, 1.807) is 30.3 Å². The number of benzene rings is 2. The van der Waals surface area contributed by atoms with Gasteiger partial charge in [0.1, 0.15) is 5.75 Å². The van der Waals surface area contributed by atoms with E-state index in [2.05, 4.69) is 16.6 Å². The highest BCUT2D eigenvalue weighted by atomic mass is 19.4. The van der Waals surface area contributed by atoms with Gasteiger partial charge >= 0.3 is 18.3 Å². The van der Waals surface area contributed by atoms with Gasteiger partial charge in [-0.1, -0.05) is 30.0 Å². The third kappa shape index (κ3) is 5.77. The summed E-state index contributed by atoms with van der Waals surface area (Å²) in [6, 6.07) is 10.7. The Morgan fingerprint density at radius 1 is 1.04 bits per heavy atom. The first kappa shape index (κ1) is 20.8. The van der Waals surface area contributed by atoms with E-state index in [9.17, 15) is 22.8 Å². The lowest BCUT2D eigenvalue weighted by atomic mass is 10.1. The summed E-state index contributed by atoms with van der Waals surface area (Å²) in [5.74, 6) is 3.01. The summed E-state index contributed by atoms with van der Waals surface area (Å²) in [7, 11) is 0. The first-order valence-corrected chi connectivity index (χ1v) is 7.91. The zero-order chi connectivity index (χ0) is 20.9. The Morgan fingerprint density at radius 3 is 2.25 bits per heavy atom. The van der Waals surface area contributed by atoms with E-state index in [4.69, 9.17) is 9.84 Å². The summed E-state index contributed by atoms with van der Waals surface area (Å²) in [5.41, 5.74) is -2.49. The molecule has 0 bridgehead atoms. The quantitative estimate of drug-likeness (QED) is 0.464. The van der Waals surface area contributed by atoms with Crippen LogP contribution in [-0.2, 0) is 10.9 Å². The van der Waals surface area contributed by atoms with Gasteiger partial charge in [0.15, 0.2) is 5.60 Å². The van der Waals surface area contributed by atoms with Crippen LogP contribution in [0.4, 0.5) is 18.0 Å². The second-order valence-electron chi connectivity index (χ2n) is 6.09. The SMILES string of the molecule is CC(C)(C#Cc1ccccc1)OC(=O)Oc1cc(C(=O)O)ccc1C(F)(F)F. The van der Waals surface area contributed by atoms with Gasteiger partial charge in [0, 0.05) is 5.56 Å². The van der Waals surface area contributed by atoms with Crippen molar-refractivity contribution in [1.82, 2.24) is 0 Å². The first-order chi connectivity index (χ1) is 13.0. The van der Waals surface area contributed by atoms with Crippen molar-refractivity contribution in [2.24, 2.45) is 0 Å². The standard InChI is InChI=1S/C20H15F3O5/c1-19(2,11-10-13-6-4-3-5-7-13)28-18(26)27-16-12-14(17(24)25)8-9-15(16)20(21,22)23/h3-9,12H,1-2H3,(H,24,25). The number of halogens is 3. The smallest absolute Gasteiger partial charge is 0.478 e. The summed E-state index contributed by atoms with van der Waals surface area (Å²) < 4.78 is 48.8. The Labute approximate surface area is 158 Å². The van der Waals surface area contributed by atoms with E-state index in [1.807, 2.05) is 0 Å². The molecule has 0 saturated heterocycles. The van der Waals surface area contributed by atoms with Gasteiger partial charge in [-0.15, -0.1) is 0 Å². The summed E-state index contributed by atoms with van der Waals surface area (Å²) in [5, 5.41) is 8.93. The topological polar surface area (TPSA) is 72.8 Å². The van der Waals surface area contributed by atoms with E-state index < -0.39 is 40.8 Å². The lowest BCUT2D eigenvalue weighted by Crippen LogP contribution is -2.28. The molecule has 0 amide bonds. The van der Waals surface area contributed by atoms with E-state index in [0.29, 0.717) is 17.7 Å². The summed E-state index contributed by atoms with van der Waals surface area (Å²) in [6.45, 7) is 2.87. The molecule has 0 fully saturated rings. The lowest BCUT2D eigenvalue weighted by molar-refractivity contribution is -0.138. The fourth-order valence-electron chi connectivity index (χ4n) is 2.06. The third-order valence-corrected chi connectivity index (χ3v) is 3.35. The van der Waals surface area contributed by atoms with Gasteiger partial charge in [0.2, 0.25) is 0 Å². The molecule has 0 saturated carbocycles. The summed E-state index contributed by atoms with van der Waals surface area (Å²) in [4.78, 5) is 23.0. The van der Waals surface area contributed by atoms with Crippen LogP contribution in [0.1, 0.15) is 35.3 Å². The van der Waals surface area contributed by atoms with E-state index >= 15 is 0 Å². The molecular formula is C20H15F3O5. The highest BCUT2D eigenvalue weighted by molar-refractivity contribution is 5.88. The molecule has 146 valence electrons. The van der Waals surface area contributed by atoms with Crippen molar-refractivity contribution in [2.45, 2.75) is 25.6 Å². The van der Waals surface area contributed by atoms with Gasteiger partial charge < -0.3 is 14.6 Å². The molecule has 0 aliphatic carbocycles. The highest BCUT2D eigenvalue weighted by Gasteiger charge is 2.36. The predicted octanol–water partition coefficient (Wildman–Crippen LogP) is 4.75. The maximum absolute atomic E-state index is 13.1. The van der Waals surface area contributed by atoms with Crippen LogP contribution < -0.4 is 4.74 Å². The van der Waals surface area contributed by atoms with Crippen LogP contribution in [0.15, 0.2) is 48.5 Å². The number of rotatable bonds is 3. The van der Waals surface area contributed by atoms with Crippen molar-refractivity contribution in [3.05, 3.63) is 65.2 Å².